The molecule has 6 rings (SSSR count). The van der Waals surface area contributed by atoms with Crippen molar-refractivity contribution in [1.82, 2.24) is 35.6 Å². The van der Waals surface area contributed by atoms with Crippen LogP contribution in [0.5, 0.6) is 5.75 Å². The van der Waals surface area contributed by atoms with E-state index in [1.807, 2.05) is 50.2 Å². The van der Waals surface area contributed by atoms with Gasteiger partial charge in [0.25, 0.3) is 0 Å². The molecule has 6 N–H and O–H groups in total. The number of para-hydroxylation sites is 1. The average molecular weight is 740 g/mol. The van der Waals surface area contributed by atoms with Gasteiger partial charge >= 0.3 is 0 Å². The van der Waals surface area contributed by atoms with Crippen LogP contribution in [0.15, 0.2) is 72.4 Å². The third-order valence-electron chi connectivity index (χ3n) is 9.93. The minimum absolute atomic E-state index is 0.110. The number of phenols is 1. The first-order chi connectivity index (χ1) is 25.3. The van der Waals surface area contributed by atoms with Gasteiger partial charge in [-0.2, -0.15) is 0 Å². The van der Waals surface area contributed by atoms with Gasteiger partial charge in [-0.3, -0.25) is 14.5 Å². The number of nitrogens with zero attached hydrogens (tertiary/aromatic N) is 6. The van der Waals surface area contributed by atoms with Crippen LogP contribution in [-0.2, 0) is 16.1 Å². The largest absolute Gasteiger partial charge is 0.507 e. The number of piperazine rings is 1. The second kappa shape index (κ2) is 15.9. The van der Waals surface area contributed by atoms with Crippen molar-refractivity contribution in [1.29, 1.82) is 0 Å². The standard InChI is InChI=1S/C39H49N9O4S/c1-24(41-20-26-10-12-27(13-11-26)35-25(2)42-23-53-35)31-18-28(49)21-48(31)38(52)36(39(3,4)5)43-34(51)22-46-14-16-47(17-15-46)32-19-30(44-45-37(32)40)29-8-6-7-9-33(29)50/h6-13,19,23,28,31,36,41,49-50H,1,14-18,20-22H2,2-5H3,(H2,40,45)(H,43,51)/t28-,31-,36+/m0/s1. The van der Waals surface area contributed by atoms with Gasteiger partial charge in [0.15, 0.2) is 5.82 Å². The first-order valence-corrected chi connectivity index (χ1v) is 18.7. The van der Waals surface area contributed by atoms with Crippen molar-refractivity contribution < 1.29 is 19.8 Å². The van der Waals surface area contributed by atoms with Crippen LogP contribution in [0.1, 0.15) is 38.4 Å². The molecule has 2 aliphatic rings. The van der Waals surface area contributed by atoms with Crippen molar-refractivity contribution in [2.45, 2.75) is 58.8 Å². The summed E-state index contributed by atoms with van der Waals surface area (Å²) in [5.74, 6) is -0.0884. The van der Waals surface area contributed by atoms with Crippen molar-refractivity contribution in [2.75, 3.05) is 49.9 Å². The lowest BCUT2D eigenvalue weighted by Crippen LogP contribution is -2.58. The molecule has 0 saturated carbocycles. The van der Waals surface area contributed by atoms with Crippen LogP contribution < -0.4 is 21.3 Å². The van der Waals surface area contributed by atoms with Gasteiger partial charge < -0.3 is 36.4 Å². The maximum absolute atomic E-state index is 14.2. The zero-order valence-corrected chi connectivity index (χ0v) is 31.6. The third kappa shape index (κ3) is 8.78. The van der Waals surface area contributed by atoms with Crippen molar-refractivity contribution in [2.24, 2.45) is 5.41 Å². The van der Waals surface area contributed by atoms with Crippen LogP contribution in [-0.4, -0.2) is 104 Å². The van der Waals surface area contributed by atoms with E-state index in [1.165, 1.54) is 0 Å². The zero-order valence-electron chi connectivity index (χ0n) is 30.7. The number of hydrogen-bond donors (Lipinski definition) is 5. The van der Waals surface area contributed by atoms with Gasteiger partial charge in [-0.15, -0.1) is 21.5 Å². The molecule has 2 amide bonds. The van der Waals surface area contributed by atoms with E-state index in [4.69, 9.17) is 5.73 Å². The quantitative estimate of drug-likeness (QED) is 0.152. The van der Waals surface area contributed by atoms with Gasteiger partial charge in [-0.05, 0) is 41.7 Å². The number of anilines is 2. The number of hydrogen-bond acceptors (Lipinski definition) is 12. The molecule has 2 aliphatic heterocycles. The molecule has 2 aromatic carbocycles. The van der Waals surface area contributed by atoms with E-state index in [1.54, 1.807) is 34.4 Å². The molecule has 4 heterocycles. The molecule has 0 radical (unpaired) electrons. The number of phenolic OH excluding ortho intramolecular Hbond substituents is 1. The molecule has 2 saturated heterocycles. The minimum Gasteiger partial charge on any atom is -0.507 e. The highest BCUT2D eigenvalue weighted by Crippen LogP contribution is 2.32. The Labute approximate surface area is 314 Å². The second-order valence-corrected chi connectivity index (χ2v) is 15.7. The Morgan fingerprint density at radius 1 is 1.08 bits per heavy atom. The molecule has 2 fully saturated rings. The van der Waals surface area contributed by atoms with Crippen molar-refractivity contribution in [3.63, 3.8) is 0 Å². The Hall–Kier alpha value is -5.05. The number of rotatable bonds is 11. The lowest BCUT2D eigenvalue weighted by Gasteiger charge is -2.38. The number of nitrogens with two attached hydrogens (primary N) is 1. The van der Waals surface area contributed by atoms with Gasteiger partial charge in [0.2, 0.25) is 11.8 Å². The van der Waals surface area contributed by atoms with Crippen LogP contribution in [0.2, 0.25) is 0 Å². The summed E-state index contributed by atoms with van der Waals surface area (Å²) in [6.07, 6.45) is -0.335. The normalized spacial score (nSPS) is 18.5. The number of carbonyl (C=O) groups excluding carboxylic acids is 2. The SMILES string of the molecule is C=C(NCc1ccc(-c2scnc2C)cc1)[C@@H]1C[C@H](O)CN1C(=O)[C@@H](NC(=O)CN1CCN(c2cc(-c3ccccc3O)nnc2N)CC1)C(C)(C)C. The molecule has 13 nitrogen and oxygen atoms in total. The zero-order chi connectivity index (χ0) is 37.9. The number of thiazole rings is 1. The highest BCUT2D eigenvalue weighted by Gasteiger charge is 2.43. The molecule has 0 unspecified atom stereocenters. The van der Waals surface area contributed by atoms with Gasteiger partial charge in [0, 0.05) is 56.9 Å². The molecule has 2 aromatic heterocycles. The van der Waals surface area contributed by atoms with E-state index < -0.39 is 23.6 Å². The van der Waals surface area contributed by atoms with E-state index in [0.717, 1.165) is 27.4 Å². The number of β-amino-alcohol motifs (C(OH)–C–C–N with tert-alkyl or cyclic N) is 1. The summed E-state index contributed by atoms with van der Waals surface area (Å²) < 4.78 is 0. The fourth-order valence-corrected chi connectivity index (χ4v) is 7.72. The first kappa shape index (κ1) is 37.7. The number of carbonyl (C=O) groups is 2. The maximum Gasteiger partial charge on any atom is 0.246 e. The Morgan fingerprint density at radius 2 is 1.79 bits per heavy atom. The molecular formula is C39H49N9O4S. The summed E-state index contributed by atoms with van der Waals surface area (Å²) in [6, 6.07) is 15.8. The number of aryl methyl sites for hydroxylation is 1. The van der Waals surface area contributed by atoms with Crippen molar-refractivity contribution >= 4 is 34.7 Å². The first-order valence-electron chi connectivity index (χ1n) is 17.9. The van der Waals surface area contributed by atoms with E-state index in [-0.39, 0.29) is 30.7 Å². The van der Waals surface area contributed by atoms with Crippen LogP contribution >= 0.6 is 11.3 Å². The van der Waals surface area contributed by atoms with Gasteiger partial charge in [0.1, 0.15) is 11.8 Å². The Kier molecular flexibility index (Phi) is 11.3. The summed E-state index contributed by atoms with van der Waals surface area (Å²) >= 11 is 1.62. The van der Waals surface area contributed by atoms with E-state index >= 15 is 0 Å². The summed E-state index contributed by atoms with van der Waals surface area (Å²) in [4.78, 5) is 39.0. The fourth-order valence-electron chi connectivity index (χ4n) is 6.91. The number of aliphatic hydroxyl groups excluding tert-OH is 1. The van der Waals surface area contributed by atoms with Crippen LogP contribution in [0.4, 0.5) is 11.5 Å². The summed E-state index contributed by atoms with van der Waals surface area (Å²) in [6.45, 7) is 15.2. The molecule has 3 atom stereocenters. The van der Waals surface area contributed by atoms with Crippen LogP contribution in [0, 0.1) is 12.3 Å². The molecule has 0 aliphatic carbocycles. The summed E-state index contributed by atoms with van der Waals surface area (Å²) in [5.41, 5.74) is 13.1. The third-order valence-corrected chi connectivity index (χ3v) is 10.9. The van der Waals surface area contributed by atoms with Gasteiger partial charge in [-0.1, -0.05) is 63.7 Å². The Morgan fingerprint density at radius 3 is 2.45 bits per heavy atom. The van der Waals surface area contributed by atoms with Gasteiger partial charge in [-0.25, -0.2) is 4.98 Å². The smallest absolute Gasteiger partial charge is 0.246 e. The van der Waals surface area contributed by atoms with Crippen LogP contribution in [0.25, 0.3) is 21.7 Å². The number of aromatic nitrogens is 3. The number of aliphatic hydroxyl groups is 1. The Bertz CT molecular complexity index is 1940. The Balaban J connectivity index is 1.04. The predicted molar refractivity (Wildman–Crippen MR) is 208 cm³/mol. The molecule has 0 bridgehead atoms. The summed E-state index contributed by atoms with van der Waals surface area (Å²) in [5, 5.41) is 35.7. The van der Waals surface area contributed by atoms with E-state index in [2.05, 4.69) is 61.6 Å². The number of benzene rings is 2. The molecule has 14 heteroatoms. The molecule has 4 aromatic rings. The molecule has 53 heavy (non-hydrogen) atoms. The maximum atomic E-state index is 14.2. The summed E-state index contributed by atoms with van der Waals surface area (Å²) in [7, 11) is 0. The monoisotopic (exact) mass is 739 g/mol. The number of likely N-dealkylation sites (tertiary alicyclic amines) is 1. The minimum atomic E-state index is -0.810. The fraction of sp³-hybridized carbons (Fsp3) is 0.410. The number of aromatic hydroxyl groups is 1. The van der Waals surface area contributed by atoms with E-state index in [0.29, 0.717) is 61.9 Å². The lowest BCUT2D eigenvalue weighted by atomic mass is 9.85. The topological polar surface area (TPSA) is 173 Å². The molecule has 280 valence electrons. The highest BCUT2D eigenvalue weighted by atomic mass is 32.1. The number of nitrogens with one attached hydrogen (secondary N) is 2. The highest BCUT2D eigenvalue weighted by molar-refractivity contribution is 7.13. The van der Waals surface area contributed by atoms with E-state index in [9.17, 15) is 19.8 Å². The predicted octanol–water partition coefficient (Wildman–Crippen LogP) is 3.78. The van der Waals surface area contributed by atoms with Crippen molar-refractivity contribution in [3.8, 4) is 27.4 Å². The lowest BCUT2D eigenvalue weighted by molar-refractivity contribution is -0.140. The number of nitrogen functional groups attached to an aromatic ring is 1. The van der Waals surface area contributed by atoms with Gasteiger partial charge in [0.05, 0.1) is 46.2 Å². The van der Waals surface area contributed by atoms with Crippen LogP contribution in [0.3, 0.4) is 0 Å². The molecule has 0 spiro atoms. The van der Waals surface area contributed by atoms with Crippen molar-refractivity contribution in [3.05, 3.63) is 83.6 Å². The number of amides is 2. The molecular weight excluding hydrogens is 691 g/mol. The average Bonchev–Trinajstić information content (AvgIpc) is 3.75. The second-order valence-electron chi connectivity index (χ2n) is 14.9.